The largest absolute Gasteiger partial charge is 0.292 e. The average Bonchev–Trinajstić information content (AvgIpc) is 2.48. The van der Waals surface area contributed by atoms with Crippen LogP contribution in [0.25, 0.3) is 0 Å². The molecule has 1 heteroatoms. The molecule has 0 N–H and O–H groups in total. The number of rotatable bonds is 5. The van der Waals surface area contributed by atoms with Crippen molar-refractivity contribution in [2.75, 3.05) is 13.1 Å². The molecule has 1 aliphatic rings. The molecule has 0 bridgehead atoms. The third kappa shape index (κ3) is 3.94. The van der Waals surface area contributed by atoms with Gasteiger partial charge in [0.25, 0.3) is 0 Å². The Hall–Kier alpha value is -1.60. The van der Waals surface area contributed by atoms with E-state index in [-0.39, 0.29) is 0 Å². The fourth-order valence-electron chi connectivity index (χ4n) is 2.61. The molecule has 0 aliphatic carbocycles. The van der Waals surface area contributed by atoms with Gasteiger partial charge in [0.15, 0.2) is 0 Å². The third-order valence-corrected chi connectivity index (χ3v) is 3.43. The summed E-state index contributed by atoms with van der Waals surface area (Å²) in [5.41, 5.74) is 2.56. The molecule has 1 fully saturated rings. The van der Waals surface area contributed by atoms with Crippen molar-refractivity contribution < 1.29 is 0 Å². The summed E-state index contributed by atoms with van der Waals surface area (Å²) in [4.78, 5) is 2.50. The van der Waals surface area contributed by atoms with Gasteiger partial charge in [-0.05, 0) is 17.1 Å². The molecule has 1 aromatic carbocycles. The van der Waals surface area contributed by atoms with Gasteiger partial charge >= 0.3 is 0 Å². The first-order chi connectivity index (χ1) is 9.76. The maximum Gasteiger partial charge on any atom is 0.0601 e. The van der Waals surface area contributed by atoms with Crippen molar-refractivity contribution in [1.29, 1.82) is 0 Å². The van der Waals surface area contributed by atoms with E-state index in [0.29, 0.717) is 6.04 Å². The van der Waals surface area contributed by atoms with Crippen molar-refractivity contribution in [3.05, 3.63) is 72.9 Å². The lowest BCUT2D eigenvalue weighted by molar-refractivity contribution is 0.0793. The van der Waals surface area contributed by atoms with Gasteiger partial charge in [0.1, 0.15) is 0 Å². The molecule has 0 spiro atoms. The van der Waals surface area contributed by atoms with Crippen LogP contribution in [0, 0.1) is 5.92 Å². The highest BCUT2D eigenvalue weighted by atomic mass is 15.2. The average molecular weight is 269 g/mol. The van der Waals surface area contributed by atoms with Gasteiger partial charge in [-0.2, -0.15) is 0 Å². The quantitative estimate of drug-likeness (QED) is 0.680. The highest BCUT2D eigenvalue weighted by Gasteiger charge is 2.31. The summed E-state index contributed by atoms with van der Waals surface area (Å²) in [6, 6.07) is 10.9. The van der Waals surface area contributed by atoms with E-state index in [0.717, 1.165) is 19.0 Å². The van der Waals surface area contributed by atoms with Crippen LogP contribution in [-0.2, 0) is 0 Å². The summed E-state index contributed by atoms with van der Waals surface area (Å²) in [5.74, 6) is 0.797. The van der Waals surface area contributed by atoms with Crippen LogP contribution in [0.2, 0.25) is 0 Å². The highest BCUT2D eigenvalue weighted by Crippen LogP contribution is 2.34. The number of nitrogens with zero attached hydrogens (tertiary/aromatic N) is 1. The molecule has 1 nitrogen and oxygen atoms in total. The van der Waals surface area contributed by atoms with E-state index in [2.05, 4.69) is 61.4 Å². The fraction of sp³-hybridized carbons (Fsp3) is 0.368. The van der Waals surface area contributed by atoms with Crippen molar-refractivity contribution in [2.45, 2.75) is 26.8 Å². The molecule has 0 radical (unpaired) electrons. The SMILES string of the molecule is C=C/C=C(\C=C)C(c1ccccc1)N1CC(C)C1.CC. The van der Waals surface area contributed by atoms with E-state index in [1.54, 1.807) is 0 Å². The van der Waals surface area contributed by atoms with E-state index in [9.17, 15) is 0 Å². The number of benzene rings is 1. The molecule has 2 rings (SSSR count). The highest BCUT2D eigenvalue weighted by molar-refractivity contribution is 5.36. The zero-order valence-corrected chi connectivity index (χ0v) is 13.0. The Morgan fingerprint density at radius 3 is 2.25 bits per heavy atom. The molecule has 0 saturated carbocycles. The minimum atomic E-state index is 0.318. The first kappa shape index (κ1) is 16.5. The van der Waals surface area contributed by atoms with Crippen LogP contribution in [0.4, 0.5) is 0 Å². The molecular formula is C19H27N. The second-order valence-corrected chi connectivity index (χ2v) is 4.98. The van der Waals surface area contributed by atoms with Gasteiger partial charge in [-0.3, -0.25) is 4.90 Å². The first-order valence-electron chi connectivity index (χ1n) is 7.50. The predicted octanol–water partition coefficient (Wildman–Crippen LogP) is 5.00. The van der Waals surface area contributed by atoms with Gasteiger partial charge in [0, 0.05) is 13.1 Å². The number of likely N-dealkylation sites (tertiary alicyclic amines) is 1. The van der Waals surface area contributed by atoms with Crippen molar-refractivity contribution in [3.63, 3.8) is 0 Å². The summed E-state index contributed by atoms with van der Waals surface area (Å²) >= 11 is 0. The van der Waals surface area contributed by atoms with Gasteiger partial charge in [0.05, 0.1) is 6.04 Å². The van der Waals surface area contributed by atoms with Gasteiger partial charge in [-0.25, -0.2) is 0 Å². The molecule has 1 heterocycles. The Morgan fingerprint density at radius 1 is 1.20 bits per heavy atom. The Balaban J connectivity index is 0.000000956. The number of hydrogen-bond acceptors (Lipinski definition) is 1. The van der Waals surface area contributed by atoms with Crippen LogP contribution in [0.3, 0.4) is 0 Å². The molecule has 0 aromatic heterocycles. The Bertz CT molecular complexity index is 438. The van der Waals surface area contributed by atoms with Crippen LogP contribution in [0.1, 0.15) is 32.4 Å². The van der Waals surface area contributed by atoms with Crippen LogP contribution in [0.5, 0.6) is 0 Å². The van der Waals surface area contributed by atoms with E-state index >= 15 is 0 Å². The summed E-state index contributed by atoms with van der Waals surface area (Å²) in [6.07, 6.45) is 5.85. The van der Waals surface area contributed by atoms with Gasteiger partial charge in [-0.1, -0.05) is 82.5 Å². The van der Waals surface area contributed by atoms with E-state index in [1.165, 1.54) is 11.1 Å². The van der Waals surface area contributed by atoms with Crippen molar-refractivity contribution >= 4 is 0 Å². The molecule has 20 heavy (non-hydrogen) atoms. The normalized spacial score (nSPS) is 17.4. The first-order valence-corrected chi connectivity index (χ1v) is 7.50. The molecule has 0 amide bonds. The lowest BCUT2D eigenvalue weighted by Crippen LogP contribution is -2.47. The topological polar surface area (TPSA) is 3.24 Å². The molecule has 1 unspecified atom stereocenters. The van der Waals surface area contributed by atoms with E-state index < -0.39 is 0 Å². The second kappa shape index (κ2) is 8.55. The lowest BCUT2D eigenvalue weighted by Gasteiger charge is -2.43. The fourth-order valence-corrected chi connectivity index (χ4v) is 2.61. The molecular weight excluding hydrogens is 242 g/mol. The molecule has 1 saturated heterocycles. The standard InChI is InChI=1S/C17H21N.C2H6/c1-4-9-15(5-2)17(18-12-14(3)13-18)16-10-7-6-8-11-16;1-2/h4-11,14,17H,1-2,12-13H2,3H3;1-2H3/b15-9+;. The van der Waals surface area contributed by atoms with Crippen LogP contribution < -0.4 is 0 Å². The molecule has 108 valence electrons. The molecule has 1 aliphatic heterocycles. The third-order valence-electron chi connectivity index (χ3n) is 3.43. The van der Waals surface area contributed by atoms with Crippen molar-refractivity contribution in [3.8, 4) is 0 Å². The Kier molecular flexibility index (Phi) is 7.03. The summed E-state index contributed by atoms with van der Waals surface area (Å²) in [5, 5.41) is 0. The van der Waals surface area contributed by atoms with Crippen molar-refractivity contribution in [2.24, 2.45) is 5.92 Å². The van der Waals surface area contributed by atoms with Crippen molar-refractivity contribution in [1.82, 2.24) is 4.90 Å². The minimum absolute atomic E-state index is 0.318. The predicted molar refractivity (Wildman–Crippen MR) is 89.7 cm³/mol. The Morgan fingerprint density at radius 2 is 1.80 bits per heavy atom. The number of hydrogen-bond donors (Lipinski definition) is 0. The van der Waals surface area contributed by atoms with E-state index in [4.69, 9.17) is 0 Å². The zero-order valence-electron chi connectivity index (χ0n) is 13.0. The second-order valence-electron chi connectivity index (χ2n) is 4.98. The summed E-state index contributed by atoms with van der Waals surface area (Å²) < 4.78 is 0. The molecule has 1 atom stereocenters. The monoisotopic (exact) mass is 269 g/mol. The van der Waals surface area contributed by atoms with Crippen LogP contribution in [0.15, 0.2) is 67.3 Å². The molecule has 1 aromatic rings. The maximum absolute atomic E-state index is 3.94. The summed E-state index contributed by atoms with van der Waals surface area (Å²) in [7, 11) is 0. The maximum atomic E-state index is 3.94. The minimum Gasteiger partial charge on any atom is -0.292 e. The van der Waals surface area contributed by atoms with Crippen LogP contribution >= 0.6 is 0 Å². The van der Waals surface area contributed by atoms with Gasteiger partial charge in [0.2, 0.25) is 0 Å². The Labute approximate surface area is 124 Å². The van der Waals surface area contributed by atoms with Crippen LogP contribution in [-0.4, -0.2) is 18.0 Å². The van der Waals surface area contributed by atoms with E-state index in [1.807, 2.05) is 26.0 Å². The lowest BCUT2D eigenvalue weighted by atomic mass is 9.90. The van der Waals surface area contributed by atoms with Gasteiger partial charge < -0.3 is 0 Å². The van der Waals surface area contributed by atoms with Gasteiger partial charge in [-0.15, -0.1) is 0 Å². The summed E-state index contributed by atoms with van der Waals surface area (Å²) in [6.45, 7) is 16.3. The smallest absolute Gasteiger partial charge is 0.0601 e. The zero-order chi connectivity index (χ0) is 15.0. The number of allylic oxidation sites excluding steroid dienone is 2.